The highest BCUT2D eigenvalue weighted by atomic mass is 35.5. The van der Waals surface area contributed by atoms with Crippen LogP contribution in [0.2, 0.25) is 5.02 Å². The number of furan rings is 1. The van der Waals surface area contributed by atoms with Gasteiger partial charge < -0.3 is 14.2 Å². The molecule has 5 rings (SSSR count). The van der Waals surface area contributed by atoms with Gasteiger partial charge in [-0.2, -0.15) is 0 Å². The van der Waals surface area contributed by atoms with Crippen molar-refractivity contribution in [3.05, 3.63) is 100 Å². The summed E-state index contributed by atoms with van der Waals surface area (Å²) in [5, 5.41) is 4.77. The molecule has 0 unspecified atom stereocenters. The highest BCUT2D eigenvalue weighted by molar-refractivity contribution is 7.99. The van der Waals surface area contributed by atoms with Crippen molar-refractivity contribution in [2.45, 2.75) is 11.7 Å². The Labute approximate surface area is 203 Å². The number of carbonyl (C=O) groups is 1. The Morgan fingerprint density at radius 2 is 1.91 bits per heavy atom. The third kappa shape index (κ3) is 4.78. The van der Waals surface area contributed by atoms with E-state index in [0.29, 0.717) is 39.3 Å². The van der Waals surface area contributed by atoms with Crippen LogP contribution < -0.4 is 10.9 Å². The number of rotatable bonds is 7. The van der Waals surface area contributed by atoms with Gasteiger partial charge in [0.15, 0.2) is 5.16 Å². The number of benzene rings is 2. The van der Waals surface area contributed by atoms with Crippen LogP contribution in [0.1, 0.15) is 5.76 Å². The molecule has 1 N–H and O–H groups in total. The second kappa shape index (κ2) is 9.62. The van der Waals surface area contributed by atoms with Crippen LogP contribution in [0.4, 0.5) is 0 Å². The van der Waals surface area contributed by atoms with Gasteiger partial charge in [0.25, 0.3) is 0 Å². The van der Waals surface area contributed by atoms with Crippen LogP contribution >= 0.6 is 23.4 Å². The van der Waals surface area contributed by atoms with Crippen LogP contribution in [0.3, 0.4) is 0 Å². The molecule has 0 aliphatic rings. The third-order valence-corrected chi connectivity index (χ3v) is 6.27. The molecule has 0 saturated carbocycles. The van der Waals surface area contributed by atoms with Crippen molar-refractivity contribution >= 4 is 40.2 Å². The van der Waals surface area contributed by atoms with Crippen molar-refractivity contribution in [2.75, 3.05) is 5.75 Å². The number of amides is 1. The first-order chi connectivity index (χ1) is 16.6. The summed E-state index contributed by atoms with van der Waals surface area (Å²) in [6, 6.07) is 19.9. The summed E-state index contributed by atoms with van der Waals surface area (Å²) in [7, 11) is 0. The highest BCUT2D eigenvalue weighted by Gasteiger charge is 2.17. The number of nitrogens with zero attached hydrogens (tertiary/aromatic N) is 2. The zero-order valence-corrected chi connectivity index (χ0v) is 19.3. The fourth-order valence-corrected chi connectivity index (χ4v) is 4.35. The lowest BCUT2D eigenvalue weighted by molar-refractivity contribution is -0.118. The van der Waals surface area contributed by atoms with Gasteiger partial charge in [-0.15, -0.1) is 0 Å². The van der Waals surface area contributed by atoms with E-state index in [4.69, 9.17) is 20.4 Å². The molecular formula is C25H18ClN3O4S. The number of thioether (sulfide) groups is 1. The molecule has 5 aromatic rings. The van der Waals surface area contributed by atoms with E-state index in [1.807, 2.05) is 34.9 Å². The van der Waals surface area contributed by atoms with E-state index in [1.165, 1.54) is 11.8 Å². The first-order valence-electron chi connectivity index (χ1n) is 10.4. The van der Waals surface area contributed by atoms with Gasteiger partial charge in [-0.3, -0.25) is 9.36 Å². The molecule has 0 aliphatic heterocycles. The minimum atomic E-state index is -0.479. The van der Waals surface area contributed by atoms with Crippen LogP contribution in [-0.4, -0.2) is 21.2 Å². The van der Waals surface area contributed by atoms with Crippen molar-refractivity contribution in [1.29, 1.82) is 0 Å². The van der Waals surface area contributed by atoms with Crippen molar-refractivity contribution in [3.8, 4) is 16.9 Å². The van der Waals surface area contributed by atoms with Crippen molar-refractivity contribution in [2.24, 2.45) is 0 Å². The average Bonchev–Trinajstić information content (AvgIpc) is 3.52. The van der Waals surface area contributed by atoms with Gasteiger partial charge in [0, 0.05) is 22.3 Å². The van der Waals surface area contributed by atoms with Crippen molar-refractivity contribution in [3.63, 3.8) is 0 Å². The normalized spacial score (nSPS) is 11.1. The molecule has 0 spiro atoms. The lowest BCUT2D eigenvalue weighted by Gasteiger charge is -2.07. The molecule has 0 fully saturated rings. The summed E-state index contributed by atoms with van der Waals surface area (Å²) >= 11 is 7.31. The monoisotopic (exact) mass is 491 g/mol. The molecular weight excluding hydrogens is 474 g/mol. The fraction of sp³-hybridized carbons (Fsp3) is 0.0800. The first-order valence-corrected chi connectivity index (χ1v) is 11.7. The number of para-hydroxylation sites is 1. The molecule has 3 aromatic heterocycles. The van der Waals surface area contributed by atoms with E-state index >= 15 is 0 Å². The molecule has 0 bridgehead atoms. The van der Waals surface area contributed by atoms with E-state index in [-0.39, 0.29) is 11.7 Å². The minimum Gasteiger partial charge on any atom is -0.467 e. The number of hydrogen-bond donors (Lipinski definition) is 1. The van der Waals surface area contributed by atoms with Crippen LogP contribution in [0, 0.1) is 0 Å². The second-order valence-electron chi connectivity index (χ2n) is 7.39. The standard InChI is InChI=1S/C25H18ClN3O4S/c26-17-7-9-18(10-8-17)29-14-21(20-12-16-4-1-2-6-22(16)33-24(20)31)28-25(29)34-15-23(30)27-13-19-5-3-11-32-19/h1-12,14H,13,15H2,(H,27,30). The van der Waals surface area contributed by atoms with Crippen LogP contribution in [0.25, 0.3) is 27.9 Å². The quantitative estimate of drug-likeness (QED) is 0.245. The lowest BCUT2D eigenvalue weighted by atomic mass is 10.1. The summed E-state index contributed by atoms with van der Waals surface area (Å²) in [5.41, 5.74) is 1.62. The Morgan fingerprint density at radius 3 is 2.71 bits per heavy atom. The van der Waals surface area contributed by atoms with E-state index in [1.54, 1.807) is 48.9 Å². The summed E-state index contributed by atoms with van der Waals surface area (Å²) in [6.07, 6.45) is 3.32. The first kappa shape index (κ1) is 22.1. The predicted molar refractivity (Wildman–Crippen MR) is 131 cm³/mol. The largest absolute Gasteiger partial charge is 0.467 e. The third-order valence-electron chi connectivity index (χ3n) is 5.07. The number of nitrogens with one attached hydrogen (secondary N) is 1. The molecule has 0 aliphatic carbocycles. The molecule has 0 atom stereocenters. The van der Waals surface area contributed by atoms with E-state index in [9.17, 15) is 9.59 Å². The minimum absolute atomic E-state index is 0.136. The molecule has 1 amide bonds. The van der Waals surface area contributed by atoms with Crippen LogP contribution in [-0.2, 0) is 11.3 Å². The van der Waals surface area contributed by atoms with Gasteiger partial charge in [-0.1, -0.05) is 41.6 Å². The number of aromatic nitrogens is 2. The lowest BCUT2D eigenvalue weighted by Crippen LogP contribution is -2.24. The maximum atomic E-state index is 12.7. The van der Waals surface area contributed by atoms with Crippen molar-refractivity contribution in [1.82, 2.24) is 14.9 Å². The summed E-state index contributed by atoms with van der Waals surface area (Å²) in [4.78, 5) is 29.7. The Kier molecular flexibility index (Phi) is 6.24. The van der Waals surface area contributed by atoms with E-state index in [0.717, 1.165) is 11.1 Å². The van der Waals surface area contributed by atoms with Gasteiger partial charge in [0.1, 0.15) is 11.3 Å². The zero-order chi connectivity index (χ0) is 23.5. The Bertz CT molecular complexity index is 1510. The summed E-state index contributed by atoms with van der Waals surface area (Å²) in [6.45, 7) is 0.307. The maximum absolute atomic E-state index is 12.7. The molecule has 170 valence electrons. The molecule has 7 nitrogen and oxygen atoms in total. The molecule has 2 aromatic carbocycles. The van der Waals surface area contributed by atoms with Gasteiger partial charge in [0.05, 0.1) is 29.8 Å². The van der Waals surface area contributed by atoms with Gasteiger partial charge >= 0.3 is 5.63 Å². The number of halogens is 1. The molecule has 9 heteroatoms. The Morgan fingerprint density at radius 1 is 1.09 bits per heavy atom. The Balaban J connectivity index is 1.45. The van der Waals surface area contributed by atoms with E-state index in [2.05, 4.69) is 10.3 Å². The van der Waals surface area contributed by atoms with Crippen molar-refractivity contribution < 1.29 is 13.6 Å². The average molecular weight is 492 g/mol. The van der Waals surface area contributed by atoms with E-state index < -0.39 is 5.63 Å². The topological polar surface area (TPSA) is 90.3 Å². The second-order valence-corrected chi connectivity index (χ2v) is 8.76. The fourth-order valence-electron chi connectivity index (χ4n) is 3.40. The summed E-state index contributed by atoms with van der Waals surface area (Å²) < 4.78 is 12.5. The number of fused-ring (bicyclic) bond motifs is 1. The predicted octanol–water partition coefficient (Wildman–Crippen LogP) is 5.30. The SMILES string of the molecule is O=C(CSc1nc(-c2cc3ccccc3oc2=O)cn1-c1ccc(Cl)cc1)NCc1ccco1. The van der Waals surface area contributed by atoms with Gasteiger partial charge in [0.2, 0.25) is 5.91 Å². The zero-order valence-electron chi connectivity index (χ0n) is 17.7. The molecule has 0 radical (unpaired) electrons. The number of carbonyl (C=O) groups excluding carboxylic acids is 1. The number of imidazole rings is 1. The van der Waals surface area contributed by atoms with Gasteiger partial charge in [-0.05, 0) is 48.5 Å². The maximum Gasteiger partial charge on any atom is 0.345 e. The van der Waals surface area contributed by atoms with Crippen LogP contribution in [0.5, 0.6) is 0 Å². The summed E-state index contributed by atoms with van der Waals surface area (Å²) in [5.74, 6) is 0.641. The highest BCUT2D eigenvalue weighted by Crippen LogP contribution is 2.28. The molecule has 0 saturated heterocycles. The van der Waals surface area contributed by atoms with Crippen LogP contribution in [0.15, 0.2) is 98.0 Å². The molecule has 34 heavy (non-hydrogen) atoms. The smallest absolute Gasteiger partial charge is 0.345 e. The van der Waals surface area contributed by atoms with Gasteiger partial charge in [-0.25, -0.2) is 9.78 Å². The molecule has 3 heterocycles. The Hall–Kier alpha value is -3.75. The number of hydrogen-bond acceptors (Lipinski definition) is 6.